The van der Waals surface area contributed by atoms with Gasteiger partial charge in [-0.3, -0.25) is 10.1 Å². The van der Waals surface area contributed by atoms with Crippen LogP contribution in [0, 0.1) is 0 Å². The van der Waals surface area contributed by atoms with E-state index >= 15 is 0 Å². The summed E-state index contributed by atoms with van der Waals surface area (Å²) in [5.74, 6) is -0.0546. The van der Waals surface area contributed by atoms with Gasteiger partial charge in [0.25, 0.3) is 0 Å². The molecule has 0 aromatic rings. The lowest BCUT2D eigenvalue weighted by Gasteiger charge is -2.34. The lowest BCUT2D eigenvalue weighted by Crippen LogP contribution is -2.54. The van der Waals surface area contributed by atoms with Crippen molar-refractivity contribution >= 4 is 5.97 Å². The Hall–Kier alpha value is -0.610. The van der Waals surface area contributed by atoms with Gasteiger partial charge in [0, 0.05) is 18.1 Å². The van der Waals surface area contributed by atoms with Crippen LogP contribution in [0.4, 0.5) is 0 Å². The molecule has 0 radical (unpaired) electrons. The van der Waals surface area contributed by atoms with Crippen LogP contribution in [0.1, 0.15) is 65.7 Å². The smallest absolute Gasteiger partial charge is 0.326 e. The first-order chi connectivity index (χ1) is 9.98. The SMILES string of the molecule is CCOC(=O)C1(NC(C)C)CCC(N(C)C2CCCC2)C1. The van der Waals surface area contributed by atoms with Crippen LogP contribution in [-0.4, -0.2) is 48.2 Å². The predicted octanol–water partition coefficient (Wildman–Crippen LogP) is 2.71. The third-order valence-corrected chi connectivity index (χ3v) is 5.20. The number of nitrogens with zero attached hydrogens (tertiary/aromatic N) is 1. The van der Waals surface area contributed by atoms with Crippen molar-refractivity contribution in [2.75, 3.05) is 13.7 Å². The molecule has 2 aliphatic rings. The summed E-state index contributed by atoms with van der Waals surface area (Å²) >= 11 is 0. The van der Waals surface area contributed by atoms with Gasteiger partial charge in [-0.2, -0.15) is 0 Å². The molecule has 2 atom stereocenters. The van der Waals surface area contributed by atoms with Crippen molar-refractivity contribution in [3.63, 3.8) is 0 Å². The first-order valence-corrected chi connectivity index (χ1v) is 8.65. The van der Waals surface area contributed by atoms with Crippen LogP contribution in [0.3, 0.4) is 0 Å². The van der Waals surface area contributed by atoms with E-state index in [0.29, 0.717) is 24.7 Å². The monoisotopic (exact) mass is 296 g/mol. The highest BCUT2D eigenvalue weighted by Gasteiger charge is 2.48. The van der Waals surface area contributed by atoms with Crippen molar-refractivity contribution in [3.05, 3.63) is 0 Å². The first kappa shape index (κ1) is 16.8. The zero-order chi connectivity index (χ0) is 15.5. The Morgan fingerprint density at radius 2 is 1.95 bits per heavy atom. The normalized spacial score (nSPS) is 30.5. The van der Waals surface area contributed by atoms with Crippen LogP contribution >= 0.6 is 0 Å². The molecule has 2 rings (SSSR count). The number of hydrogen-bond acceptors (Lipinski definition) is 4. The zero-order valence-corrected chi connectivity index (χ0v) is 14.2. The quantitative estimate of drug-likeness (QED) is 0.765. The van der Waals surface area contributed by atoms with Crippen LogP contribution in [0.5, 0.6) is 0 Å². The van der Waals surface area contributed by atoms with E-state index in [1.807, 2.05) is 6.92 Å². The van der Waals surface area contributed by atoms with Crippen LogP contribution in [0.2, 0.25) is 0 Å². The van der Waals surface area contributed by atoms with Crippen LogP contribution in [0.25, 0.3) is 0 Å². The van der Waals surface area contributed by atoms with E-state index in [1.54, 1.807) is 0 Å². The third kappa shape index (κ3) is 3.78. The van der Waals surface area contributed by atoms with Crippen LogP contribution in [0.15, 0.2) is 0 Å². The molecule has 122 valence electrons. The Balaban J connectivity index is 2.04. The molecule has 2 fully saturated rings. The summed E-state index contributed by atoms with van der Waals surface area (Å²) in [4.78, 5) is 15.0. The maximum atomic E-state index is 12.5. The third-order valence-electron chi connectivity index (χ3n) is 5.20. The minimum atomic E-state index is -0.471. The largest absolute Gasteiger partial charge is 0.465 e. The first-order valence-electron chi connectivity index (χ1n) is 8.65. The Labute approximate surface area is 129 Å². The van der Waals surface area contributed by atoms with E-state index in [2.05, 4.69) is 31.1 Å². The fraction of sp³-hybridized carbons (Fsp3) is 0.941. The number of hydrogen-bond donors (Lipinski definition) is 1. The minimum Gasteiger partial charge on any atom is -0.465 e. The maximum Gasteiger partial charge on any atom is 0.326 e. The Bertz CT molecular complexity index is 353. The molecule has 0 heterocycles. The summed E-state index contributed by atoms with van der Waals surface area (Å²) in [5, 5.41) is 3.51. The number of ether oxygens (including phenoxy) is 1. The van der Waals surface area contributed by atoms with E-state index in [9.17, 15) is 4.79 Å². The maximum absolute atomic E-state index is 12.5. The van der Waals surface area contributed by atoms with Crippen LogP contribution < -0.4 is 5.32 Å². The van der Waals surface area contributed by atoms with Gasteiger partial charge in [0.15, 0.2) is 0 Å². The molecule has 0 spiro atoms. The molecule has 0 bridgehead atoms. The fourth-order valence-corrected chi connectivity index (χ4v) is 4.17. The van der Waals surface area contributed by atoms with E-state index in [1.165, 1.54) is 25.7 Å². The standard InChI is InChI=1S/C17H32N2O2/c1-5-21-16(20)17(18-13(2)3)11-10-15(12-17)19(4)14-8-6-7-9-14/h13-15,18H,5-12H2,1-4H3. The van der Waals surface area contributed by atoms with E-state index in [0.717, 1.165) is 19.3 Å². The van der Waals surface area contributed by atoms with Crippen molar-refractivity contribution < 1.29 is 9.53 Å². The number of rotatable bonds is 6. The molecular formula is C17H32N2O2. The van der Waals surface area contributed by atoms with Gasteiger partial charge in [-0.15, -0.1) is 0 Å². The summed E-state index contributed by atoms with van der Waals surface area (Å²) < 4.78 is 5.36. The second kappa shape index (κ2) is 7.10. The Morgan fingerprint density at radius 1 is 1.29 bits per heavy atom. The number of carbonyl (C=O) groups is 1. The fourth-order valence-electron chi connectivity index (χ4n) is 4.17. The zero-order valence-electron chi connectivity index (χ0n) is 14.2. The summed E-state index contributed by atoms with van der Waals surface area (Å²) in [7, 11) is 2.25. The van der Waals surface area contributed by atoms with Gasteiger partial charge >= 0.3 is 5.97 Å². The highest BCUT2D eigenvalue weighted by atomic mass is 16.5. The van der Waals surface area contributed by atoms with Gasteiger partial charge in [0.2, 0.25) is 0 Å². The number of carbonyl (C=O) groups excluding carboxylic acids is 1. The van der Waals surface area contributed by atoms with Crippen molar-refractivity contribution in [2.24, 2.45) is 0 Å². The van der Waals surface area contributed by atoms with Crippen molar-refractivity contribution in [2.45, 2.75) is 89.4 Å². The Kier molecular flexibility index (Phi) is 5.67. The second-order valence-electron chi connectivity index (χ2n) is 7.10. The number of esters is 1. The highest BCUT2D eigenvalue weighted by molar-refractivity contribution is 5.81. The average Bonchev–Trinajstić information content (AvgIpc) is 3.07. The molecular weight excluding hydrogens is 264 g/mol. The molecule has 2 aliphatic carbocycles. The summed E-state index contributed by atoms with van der Waals surface area (Å²) in [5.41, 5.74) is -0.471. The molecule has 0 amide bonds. The van der Waals surface area contributed by atoms with Gasteiger partial charge in [-0.1, -0.05) is 12.8 Å². The van der Waals surface area contributed by atoms with Gasteiger partial charge < -0.3 is 9.64 Å². The van der Waals surface area contributed by atoms with E-state index < -0.39 is 5.54 Å². The molecule has 2 unspecified atom stereocenters. The minimum absolute atomic E-state index is 0.0546. The summed E-state index contributed by atoms with van der Waals surface area (Å²) in [6.45, 7) is 6.56. The van der Waals surface area contributed by atoms with Gasteiger partial charge in [0.1, 0.15) is 5.54 Å². The summed E-state index contributed by atoms with van der Waals surface area (Å²) in [6, 6.07) is 1.51. The lowest BCUT2D eigenvalue weighted by molar-refractivity contribution is -0.151. The molecule has 4 nitrogen and oxygen atoms in total. The predicted molar refractivity (Wildman–Crippen MR) is 85.3 cm³/mol. The topological polar surface area (TPSA) is 41.6 Å². The van der Waals surface area contributed by atoms with Crippen LogP contribution in [-0.2, 0) is 9.53 Å². The Morgan fingerprint density at radius 3 is 2.52 bits per heavy atom. The molecule has 0 aromatic heterocycles. The molecule has 4 heteroatoms. The molecule has 21 heavy (non-hydrogen) atoms. The molecule has 0 saturated heterocycles. The molecule has 0 aromatic carbocycles. The number of nitrogens with one attached hydrogen (secondary N) is 1. The van der Waals surface area contributed by atoms with Crippen molar-refractivity contribution in [1.82, 2.24) is 10.2 Å². The molecule has 1 N–H and O–H groups in total. The lowest BCUT2D eigenvalue weighted by atomic mass is 9.95. The van der Waals surface area contributed by atoms with Gasteiger partial charge in [-0.05, 0) is 59.9 Å². The van der Waals surface area contributed by atoms with Crippen molar-refractivity contribution in [1.29, 1.82) is 0 Å². The van der Waals surface area contributed by atoms with Gasteiger partial charge in [-0.25, -0.2) is 0 Å². The molecule has 0 aliphatic heterocycles. The highest BCUT2D eigenvalue weighted by Crippen LogP contribution is 2.37. The van der Waals surface area contributed by atoms with Crippen molar-refractivity contribution in [3.8, 4) is 0 Å². The molecule has 2 saturated carbocycles. The average molecular weight is 296 g/mol. The van der Waals surface area contributed by atoms with Gasteiger partial charge in [0.05, 0.1) is 6.61 Å². The van der Waals surface area contributed by atoms with E-state index in [4.69, 9.17) is 4.74 Å². The summed E-state index contributed by atoms with van der Waals surface area (Å²) in [6.07, 6.45) is 8.21. The van der Waals surface area contributed by atoms with E-state index in [-0.39, 0.29) is 5.97 Å². The second-order valence-corrected chi connectivity index (χ2v) is 7.10.